The maximum absolute atomic E-state index is 11.5. The first kappa shape index (κ1) is 54.2. The van der Waals surface area contributed by atoms with Crippen molar-refractivity contribution in [3.05, 3.63) is 211 Å². The van der Waals surface area contributed by atoms with Gasteiger partial charge in [-0.15, -0.1) is 0 Å². The van der Waals surface area contributed by atoms with E-state index in [4.69, 9.17) is 0 Å². The molecule has 72 heavy (non-hydrogen) atoms. The van der Waals surface area contributed by atoms with Crippen LogP contribution in [0.4, 0.5) is 0 Å². The van der Waals surface area contributed by atoms with Crippen LogP contribution in [0.15, 0.2) is 133 Å². The molecule has 6 aliphatic rings. The molecular formula is C69H87NO2. The van der Waals surface area contributed by atoms with E-state index in [0.29, 0.717) is 17.6 Å². The van der Waals surface area contributed by atoms with E-state index in [1.165, 1.54) is 73.6 Å². The summed E-state index contributed by atoms with van der Waals surface area (Å²) in [6.07, 6.45) is 13.1. The van der Waals surface area contributed by atoms with Gasteiger partial charge in [-0.2, -0.15) is 0 Å². The highest BCUT2D eigenvalue weighted by molar-refractivity contribution is 6.00. The summed E-state index contributed by atoms with van der Waals surface area (Å²) in [4.78, 5) is 23.0. The molecule has 0 fully saturated rings. The normalized spacial score (nSPS) is 19.7. The quantitative estimate of drug-likeness (QED) is 0.165. The van der Waals surface area contributed by atoms with Gasteiger partial charge < -0.3 is 5.32 Å². The SMILES string of the molecule is CC(C)(C)C1CCc2ccccc21.CC(C)(C)c1ccc2c(c1)CCC2=O.CC(C)(C)c1ccc2c(c1)CCNC2=O.C[C@@H]1CCc2ccccc21.C[C@@H]1CCc2ccccc21.C[C@H]1CCc2ccccc21. The zero-order chi connectivity index (χ0) is 51.8. The van der Waals surface area contributed by atoms with Gasteiger partial charge in [0.25, 0.3) is 5.91 Å². The Kier molecular flexibility index (Phi) is 17.7. The second-order valence-corrected chi connectivity index (χ2v) is 24.7. The van der Waals surface area contributed by atoms with Crippen LogP contribution in [0.1, 0.15) is 226 Å². The first-order valence-electron chi connectivity index (χ1n) is 27.6. The molecule has 0 radical (unpaired) electrons. The fourth-order valence-corrected chi connectivity index (χ4v) is 11.6. The molecule has 1 N–H and O–H groups in total. The van der Waals surface area contributed by atoms with Gasteiger partial charge in [0, 0.05) is 24.1 Å². The predicted octanol–water partition coefficient (Wildman–Crippen LogP) is 17.4. The highest BCUT2D eigenvalue weighted by atomic mass is 16.1. The number of carbonyl (C=O) groups excluding carboxylic acids is 2. The molecule has 4 atom stereocenters. The molecular weight excluding hydrogens is 875 g/mol. The Morgan fingerprint density at radius 3 is 1.18 bits per heavy atom. The standard InChI is InChI=1S/C13H17NO.C13H16O.C13H18.3C10H12/c1-13(2,3)10-4-5-11-9(8-10)6-7-14-12(11)15;1-13(2,3)10-5-6-11-9(8-10)4-7-12(11)14;1-13(2,3)12-9-8-10-6-4-5-7-11(10)12;3*1-8-6-7-9-4-2-3-5-10(8)9/h4-5,8H,6-7H2,1-3H3,(H,14,15);5-6,8H,4,7H2,1-3H3;4-7,12H,8-9H2,1-3H3;3*2-5,8H,6-7H2,1H3/t;;;3*8-/m...110/s1. The van der Waals surface area contributed by atoms with Gasteiger partial charge in [-0.3, -0.25) is 9.59 Å². The van der Waals surface area contributed by atoms with Crippen molar-refractivity contribution < 1.29 is 9.59 Å². The van der Waals surface area contributed by atoms with Crippen LogP contribution in [0.3, 0.4) is 0 Å². The zero-order valence-electron chi connectivity index (χ0n) is 46.3. The lowest BCUT2D eigenvalue weighted by atomic mass is 9.77. The zero-order valence-corrected chi connectivity index (χ0v) is 46.3. The van der Waals surface area contributed by atoms with Crippen LogP contribution in [0, 0.1) is 5.41 Å². The second kappa shape index (κ2) is 23.6. The number of benzene rings is 6. The molecule has 6 aromatic rings. The minimum Gasteiger partial charge on any atom is -0.352 e. The van der Waals surface area contributed by atoms with Gasteiger partial charge in [0.2, 0.25) is 0 Å². The Morgan fingerprint density at radius 1 is 0.389 bits per heavy atom. The number of ketones is 1. The highest BCUT2D eigenvalue weighted by Gasteiger charge is 2.32. The number of carbonyl (C=O) groups is 2. The maximum Gasteiger partial charge on any atom is 0.251 e. The van der Waals surface area contributed by atoms with E-state index in [1.54, 1.807) is 44.5 Å². The van der Waals surface area contributed by atoms with E-state index < -0.39 is 0 Å². The predicted molar refractivity (Wildman–Crippen MR) is 305 cm³/mol. The number of fused-ring (bicyclic) bond motifs is 6. The van der Waals surface area contributed by atoms with Gasteiger partial charge in [0.05, 0.1) is 0 Å². The molecule has 0 spiro atoms. The molecule has 3 nitrogen and oxygen atoms in total. The molecule has 1 heterocycles. The number of nitrogens with one attached hydrogen (secondary N) is 1. The summed E-state index contributed by atoms with van der Waals surface area (Å²) in [6.45, 7) is 27.9. The second-order valence-electron chi connectivity index (χ2n) is 24.7. The van der Waals surface area contributed by atoms with Crippen molar-refractivity contribution >= 4 is 11.7 Å². The van der Waals surface area contributed by atoms with Crippen LogP contribution >= 0.6 is 0 Å². The highest BCUT2D eigenvalue weighted by Crippen LogP contribution is 2.44. The van der Waals surface area contributed by atoms with Crippen molar-refractivity contribution in [2.75, 3.05) is 6.54 Å². The maximum atomic E-state index is 11.5. The van der Waals surface area contributed by atoms with Crippen LogP contribution in [-0.2, 0) is 49.4 Å². The number of amides is 1. The molecule has 380 valence electrons. The lowest BCUT2D eigenvalue weighted by Gasteiger charge is -2.27. The smallest absolute Gasteiger partial charge is 0.251 e. The van der Waals surface area contributed by atoms with E-state index >= 15 is 0 Å². The average molecular weight is 962 g/mol. The monoisotopic (exact) mass is 962 g/mol. The number of hydrogen-bond acceptors (Lipinski definition) is 2. The van der Waals surface area contributed by atoms with Gasteiger partial charge in [0.15, 0.2) is 5.78 Å². The Morgan fingerprint density at radius 2 is 0.764 bits per heavy atom. The number of aryl methyl sites for hydroxylation is 5. The first-order valence-corrected chi connectivity index (χ1v) is 27.6. The third-order valence-electron chi connectivity index (χ3n) is 16.3. The fourth-order valence-electron chi connectivity index (χ4n) is 11.6. The molecule has 0 saturated carbocycles. The molecule has 3 heteroatoms. The number of rotatable bonds is 0. The van der Waals surface area contributed by atoms with Gasteiger partial charge >= 0.3 is 0 Å². The molecule has 5 aliphatic carbocycles. The summed E-state index contributed by atoms with van der Waals surface area (Å²) in [7, 11) is 0. The molecule has 1 amide bonds. The van der Waals surface area contributed by atoms with Crippen molar-refractivity contribution in [2.24, 2.45) is 5.41 Å². The van der Waals surface area contributed by atoms with Crippen molar-refractivity contribution in [3.8, 4) is 0 Å². The lowest BCUT2D eigenvalue weighted by molar-refractivity contribution is 0.0944. The van der Waals surface area contributed by atoms with Crippen molar-refractivity contribution in [2.45, 2.75) is 188 Å². The lowest BCUT2D eigenvalue weighted by Crippen LogP contribution is -2.32. The summed E-state index contributed by atoms with van der Waals surface area (Å²) < 4.78 is 0. The third kappa shape index (κ3) is 13.7. The summed E-state index contributed by atoms with van der Waals surface area (Å²) in [5.41, 5.74) is 20.2. The molecule has 0 bridgehead atoms. The summed E-state index contributed by atoms with van der Waals surface area (Å²) >= 11 is 0. The summed E-state index contributed by atoms with van der Waals surface area (Å²) in [5.74, 6) is 3.55. The van der Waals surface area contributed by atoms with Crippen molar-refractivity contribution in [3.63, 3.8) is 0 Å². The van der Waals surface area contributed by atoms with Crippen LogP contribution in [0.5, 0.6) is 0 Å². The van der Waals surface area contributed by atoms with Gasteiger partial charge in [-0.05, 0) is 177 Å². The van der Waals surface area contributed by atoms with Gasteiger partial charge in [0.1, 0.15) is 0 Å². The Hall–Kier alpha value is -5.54. The van der Waals surface area contributed by atoms with E-state index in [9.17, 15) is 9.59 Å². The average Bonchev–Trinajstić information content (AvgIpc) is 4.21. The molecule has 0 saturated heterocycles. The van der Waals surface area contributed by atoms with E-state index in [2.05, 4.69) is 210 Å². The van der Waals surface area contributed by atoms with E-state index in [-0.39, 0.29) is 16.7 Å². The number of hydrogen-bond donors (Lipinski definition) is 1. The Bertz CT molecular complexity index is 2660. The topological polar surface area (TPSA) is 46.2 Å². The molecule has 6 aromatic carbocycles. The Balaban J connectivity index is 0.000000128. The molecule has 1 aliphatic heterocycles. The van der Waals surface area contributed by atoms with E-state index in [0.717, 1.165) is 54.2 Å². The van der Waals surface area contributed by atoms with E-state index in [1.807, 2.05) is 12.1 Å². The number of Topliss-reactive ketones (excluding diaryl/α,β-unsaturated/α-hetero) is 1. The summed E-state index contributed by atoms with van der Waals surface area (Å²) in [5, 5.41) is 2.86. The summed E-state index contributed by atoms with van der Waals surface area (Å²) in [6, 6.07) is 47.7. The van der Waals surface area contributed by atoms with Crippen molar-refractivity contribution in [1.82, 2.24) is 5.32 Å². The first-order chi connectivity index (χ1) is 34.2. The minimum atomic E-state index is 0.0664. The van der Waals surface area contributed by atoms with Gasteiger partial charge in [-0.25, -0.2) is 0 Å². The van der Waals surface area contributed by atoms with Crippen molar-refractivity contribution in [1.29, 1.82) is 0 Å². The Labute approximate surface area is 436 Å². The van der Waals surface area contributed by atoms with Crippen LogP contribution in [-0.4, -0.2) is 18.2 Å². The van der Waals surface area contributed by atoms with Crippen LogP contribution in [0.2, 0.25) is 0 Å². The van der Waals surface area contributed by atoms with Gasteiger partial charge in [-0.1, -0.05) is 210 Å². The molecule has 12 rings (SSSR count). The van der Waals surface area contributed by atoms with Crippen LogP contribution < -0.4 is 5.32 Å². The minimum absolute atomic E-state index is 0.0664. The third-order valence-corrected chi connectivity index (χ3v) is 16.3. The van der Waals surface area contributed by atoms with Crippen LogP contribution in [0.25, 0.3) is 0 Å². The largest absolute Gasteiger partial charge is 0.352 e. The molecule has 0 aromatic heterocycles. The molecule has 1 unspecified atom stereocenters. The fraction of sp³-hybridized carbons (Fsp3) is 0.449.